The monoisotopic (exact) mass is 224 g/mol. The van der Waals surface area contributed by atoms with Crippen LogP contribution in [0.2, 0.25) is 0 Å². The Balaban J connectivity index is 2.00. The van der Waals surface area contributed by atoms with Crippen molar-refractivity contribution in [2.24, 2.45) is 0 Å². The van der Waals surface area contributed by atoms with Gasteiger partial charge in [-0.15, -0.1) is 0 Å². The molecule has 0 unspecified atom stereocenters. The van der Waals surface area contributed by atoms with Crippen molar-refractivity contribution in [3.8, 4) is 0 Å². The summed E-state index contributed by atoms with van der Waals surface area (Å²) in [6.45, 7) is 6.55. The molecule has 0 aromatic carbocycles. The fourth-order valence-corrected chi connectivity index (χ4v) is 2.17. The number of rotatable bonds is 5. The van der Waals surface area contributed by atoms with Gasteiger partial charge in [0.2, 0.25) is 0 Å². The largest absolute Gasteiger partial charge is 0.376 e. The normalized spacial score (nSPS) is 22.5. The zero-order valence-corrected chi connectivity index (χ0v) is 10.1. The summed E-state index contributed by atoms with van der Waals surface area (Å²) in [6, 6.07) is 0. The topological polar surface area (TPSA) is 36.3 Å². The molecule has 1 fully saturated rings. The second kappa shape index (κ2) is 5.46. The molecule has 0 radical (unpaired) electrons. The van der Waals surface area contributed by atoms with Crippen molar-refractivity contribution in [2.75, 3.05) is 13.2 Å². The van der Waals surface area contributed by atoms with Crippen molar-refractivity contribution in [3.05, 3.63) is 18.2 Å². The van der Waals surface area contributed by atoms with Gasteiger partial charge in [-0.1, -0.05) is 0 Å². The molecule has 1 aliphatic heterocycles. The van der Waals surface area contributed by atoms with Crippen LogP contribution in [-0.4, -0.2) is 28.9 Å². The summed E-state index contributed by atoms with van der Waals surface area (Å²) in [6.07, 6.45) is 6.58. The maximum absolute atomic E-state index is 5.63. The quantitative estimate of drug-likeness (QED) is 0.769. The third kappa shape index (κ3) is 2.62. The molecule has 4 nitrogen and oxygen atoms in total. The van der Waals surface area contributed by atoms with Crippen LogP contribution >= 0.6 is 0 Å². The van der Waals surface area contributed by atoms with Crippen molar-refractivity contribution >= 4 is 0 Å². The lowest BCUT2D eigenvalue weighted by Crippen LogP contribution is -2.18. The number of aromatic nitrogens is 2. The van der Waals surface area contributed by atoms with Gasteiger partial charge in [0, 0.05) is 25.6 Å². The summed E-state index contributed by atoms with van der Waals surface area (Å²) in [4.78, 5) is 4.36. The van der Waals surface area contributed by atoms with Gasteiger partial charge in [-0.3, -0.25) is 0 Å². The number of hydrogen-bond acceptors (Lipinski definition) is 3. The molecule has 0 saturated carbocycles. The number of nitrogens with zero attached hydrogens (tertiary/aromatic N) is 2. The highest BCUT2D eigenvalue weighted by Gasteiger charge is 2.19. The summed E-state index contributed by atoms with van der Waals surface area (Å²) in [5, 5.41) is 0. The predicted octanol–water partition coefficient (Wildman–Crippen LogP) is 2.16. The first-order valence-electron chi connectivity index (χ1n) is 6.05. The van der Waals surface area contributed by atoms with Crippen LogP contribution in [0, 0.1) is 0 Å². The smallest absolute Gasteiger partial charge is 0.137 e. The molecule has 0 N–H and O–H groups in total. The van der Waals surface area contributed by atoms with Gasteiger partial charge in [-0.2, -0.15) is 0 Å². The fraction of sp³-hybridized carbons (Fsp3) is 0.750. The van der Waals surface area contributed by atoms with E-state index in [0.29, 0.717) is 12.7 Å². The van der Waals surface area contributed by atoms with E-state index < -0.39 is 0 Å². The molecule has 2 heterocycles. The number of imidazole rings is 1. The molecule has 1 aromatic rings. The van der Waals surface area contributed by atoms with Crippen LogP contribution in [0.25, 0.3) is 0 Å². The van der Waals surface area contributed by atoms with Crippen molar-refractivity contribution in [3.63, 3.8) is 0 Å². The highest BCUT2D eigenvalue weighted by molar-refractivity contribution is 4.96. The molecule has 0 amide bonds. The van der Waals surface area contributed by atoms with E-state index in [1.54, 1.807) is 0 Å². The highest BCUT2D eigenvalue weighted by Crippen LogP contribution is 2.19. The SMILES string of the molecule is CCO[C@H](C)c1nccn1C[C@@H]1CCCO1. The van der Waals surface area contributed by atoms with Crippen LogP contribution in [0.1, 0.15) is 38.6 Å². The molecule has 1 saturated heterocycles. The third-order valence-corrected chi connectivity index (χ3v) is 2.95. The molecule has 0 spiro atoms. The Hall–Kier alpha value is -0.870. The molecule has 90 valence electrons. The molecule has 1 aliphatic rings. The number of ether oxygens (including phenoxy) is 2. The Morgan fingerprint density at radius 1 is 1.69 bits per heavy atom. The Labute approximate surface area is 96.6 Å². The standard InChI is InChI=1S/C12H20N2O2/c1-3-15-10(2)12-13-6-7-14(12)9-11-5-4-8-16-11/h6-7,10-11H,3-5,8-9H2,1-2H3/t10-,11+/m1/s1. The minimum Gasteiger partial charge on any atom is -0.376 e. The second-order valence-corrected chi connectivity index (χ2v) is 4.17. The Morgan fingerprint density at radius 3 is 3.25 bits per heavy atom. The van der Waals surface area contributed by atoms with Crippen molar-refractivity contribution in [1.82, 2.24) is 9.55 Å². The summed E-state index contributed by atoms with van der Waals surface area (Å²) >= 11 is 0. The van der Waals surface area contributed by atoms with E-state index in [4.69, 9.17) is 9.47 Å². The van der Waals surface area contributed by atoms with Crippen molar-refractivity contribution < 1.29 is 9.47 Å². The minimum atomic E-state index is 0.0569. The molecule has 0 aliphatic carbocycles. The Bertz CT molecular complexity index is 319. The minimum absolute atomic E-state index is 0.0569. The molecular formula is C12H20N2O2. The van der Waals surface area contributed by atoms with Gasteiger partial charge in [-0.25, -0.2) is 4.98 Å². The lowest BCUT2D eigenvalue weighted by Gasteiger charge is -2.16. The molecule has 16 heavy (non-hydrogen) atoms. The first-order valence-corrected chi connectivity index (χ1v) is 6.05. The molecular weight excluding hydrogens is 204 g/mol. The maximum atomic E-state index is 5.63. The van der Waals surface area contributed by atoms with Crippen LogP contribution < -0.4 is 0 Å². The van der Waals surface area contributed by atoms with E-state index in [1.807, 2.05) is 26.2 Å². The van der Waals surface area contributed by atoms with Gasteiger partial charge in [0.15, 0.2) is 0 Å². The zero-order valence-electron chi connectivity index (χ0n) is 10.1. The lowest BCUT2D eigenvalue weighted by molar-refractivity contribution is 0.0609. The van der Waals surface area contributed by atoms with Gasteiger partial charge >= 0.3 is 0 Å². The lowest BCUT2D eigenvalue weighted by atomic mass is 10.2. The molecule has 4 heteroatoms. The summed E-state index contributed by atoms with van der Waals surface area (Å²) < 4.78 is 13.3. The molecule has 1 aromatic heterocycles. The van der Waals surface area contributed by atoms with Crippen LogP contribution in [0.15, 0.2) is 12.4 Å². The van der Waals surface area contributed by atoms with E-state index in [2.05, 4.69) is 9.55 Å². The Kier molecular flexibility index (Phi) is 3.96. The first kappa shape index (κ1) is 11.6. The molecule has 2 rings (SSSR count). The summed E-state index contributed by atoms with van der Waals surface area (Å²) in [5.41, 5.74) is 0. The van der Waals surface area contributed by atoms with Crippen LogP contribution in [0.3, 0.4) is 0 Å². The summed E-state index contributed by atoms with van der Waals surface area (Å²) in [7, 11) is 0. The average Bonchev–Trinajstić information content (AvgIpc) is 2.90. The van der Waals surface area contributed by atoms with E-state index >= 15 is 0 Å². The molecule has 2 atom stereocenters. The van der Waals surface area contributed by atoms with Gasteiger partial charge in [0.25, 0.3) is 0 Å². The van der Waals surface area contributed by atoms with Gasteiger partial charge in [0.1, 0.15) is 11.9 Å². The van der Waals surface area contributed by atoms with E-state index in [0.717, 1.165) is 25.4 Å². The number of hydrogen-bond donors (Lipinski definition) is 0. The van der Waals surface area contributed by atoms with Gasteiger partial charge in [-0.05, 0) is 26.7 Å². The summed E-state index contributed by atoms with van der Waals surface area (Å²) in [5.74, 6) is 0.998. The van der Waals surface area contributed by atoms with Crippen molar-refractivity contribution in [1.29, 1.82) is 0 Å². The second-order valence-electron chi connectivity index (χ2n) is 4.17. The predicted molar refractivity (Wildman–Crippen MR) is 61.2 cm³/mol. The van der Waals surface area contributed by atoms with Crippen LogP contribution in [-0.2, 0) is 16.0 Å². The maximum Gasteiger partial charge on any atom is 0.137 e. The third-order valence-electron chi connectivity index (χ3n) is 2.95. The highest BCUT2D eigenvalue weighted by atomic mass is 16.5. The van der Waals surface area contributed by atoms with Gasteiger partial charge in [0.05, 0.1) is 12.6 Å². The van der Waals surface area contributed by atoms with Crippen LogP contribution in [0.5, 0.6) is 0 Å². The van der Waals surface area contributed by atoms with E-state index in [-0.39, 0.29) is 6.10 Å². The van der Waals surface area contributed by atoms with Crippen LogP contribution in [0.4, 0.5) is 0 Å². The first-order chi connectivity index (χ1) is 7.81. The zero-order chi connectivity index (χ0) is 11.4. The molecule has 0 bridgehead atoms. The Morgan fingerprint density at radius 2 is 2.56 bits per heavy atom. The fourth-order valence-electron chi connectivity index (χ4n) is 2.17. The van der Waals surface area contributed by atoms with E-state index in [1.165, 1.54) is 6.42 Å². The van der Waals surface area contributed by atoms with E-state index in [9.17, 15) is 0 Å². The van der Waals surface area contributed by atoms with Gasteiger partial charge < -0.3 is 14.0 Å². The average molecular weight is 224 g/mol. The van der Waals surface area contributed by atoms with Crippen molar-refractivity contribution in [2.45, 2.75) is 45.4 Å².